The van der Waals surface area contributed by atoms with Crippen LogP contribution in [0.1, 0.15) is 27.2 Å². The van der Waals surface area contributed by atoms with Crippen LogP contribution in [0.3, 0.4) is 0 Å². The van der Waals surface area contributed by atoms with Crippen LogP contribution in [0.2, 0.25) is 0 Å². The van der Waals surface area contributed by atoms with E-state index < -0.39 is 12.4 Å². The zero-order chi connectivity index (χ0) is 12.7. The summed E-state index contributed by atoms with van der Waals surface area (Å²) in [6.07, 6.45) is -0.478. The van der Waals surface area contributed by atoms with E-state index >= 15 is 0 Å². The Balaban J connectivity index is 4.17. The molecule has 2 N–H and O–H groups in total. The van der Waals surface area contributed by atoms with Gasteiger partial charge in [0.05, 0.1) is 0 Å². The first-order chi connectivity index (χ1) is 7.32. The summed E-state index contributed by atoms with van der Waals surface area (Å²) in [6, 6.07) is 0. The third-order valence-electron chi connectivity index (χ3n) is 1.87. The Morgan fingerprint density at radius 1 is 1.31 bits per heavy atom. The van der Waals surface area contributed by atoms with Crippen LogP contribution >= 0.6 is 11.8 Å². The highest BCUT2D eigenvalue weighted by Gasteiger charge is 2.20. The van der Waals surface area contributed by atoms with Gasteiger partial charge in [-0.05, 0) is 5.92 Å². The van der Waals surface area contributed by atoms with Gasteiger partial charge in [-0.2, -0.15) is 0 Å². The molecule has 6 heteroatoms. The van der Waals surface area contributed by atoms with Crippen molar-refractivity contribution in [1.29, 1.82) is 0 Å². The van der Waals surface area contributed by atoms with Gasteiger partial charge in [0.2, 0.25) is 5.91 Å². The van der Waals surface area contributed by atoms with Gasteiger partial charge in [0.1, 0.15) is 6.42 Å². The van der Waals surface area contributed by atoms with Crippen molar-refractivity contribution in [2.75, 3.05) is 6.54 Å². The molecule has 0 aromatic carbocycles. The normalized spacial score (nSPS) is 12.2. The Labute approximate surface area is 99.0 Å². The quantitative estimate of drug-likeness (QED) is 0.681. The predicted molar refractivity (Wildman–Crippen MR) is 62.2 cm³/mol. The molecule has 16 heavy (non-hydrogen) atoms. The summed E-state index contributed by atoms with van der Waals surface area (Å²) < 4.78 is 0. The molecule has 0 radical (unpaired) electrons. The molecule has 1 unspecified atom stereocenters. The van der Waals surface area contributed by atoms with Gasteiger partial charge in [-0.15, -0.1) is 0 Å². The van der Waals surface area contributed by atoms with Crippen LogP contribution in [0, 0.1) is 5.92 Å². The molecule has 0 fully saturated rings. The maximum absolute atomic E-state index is 11.3. The van der Waals surface area contributed by atoms with Gasteiger partial charge in [0, 0.05) is 18.7 Å². The van der Waals surface area contributed by atoms with Gasteiger partial charge in [0.25, 0.3) is 0 Å². The minimum atomic E-state index is -1.13. The summed E-state index contributed by atoms with van der Waals surface area (Å²) in [5.41, 5.74) is 0. The van der Waals surface area contributed by atoms with Gasteiger partial charge in [-0.3, -0.25) is 14.4 Å². The van der Waals surface area contributed by atoms with Crippen LogP contribution in [0.5, 0.6) is 0 Å². The SMILES string of the molecule is CC(=O)NCC(SC(=O)CC(=O)O)C(C)C. The van der Waals surface area contributed by atoms with E-state index in [2.05, 4.69) is 5.32 Å². The van der Waals surface area contributed by atoms with E-state index in [0.717, 1.165) is 11.8 Å². The van der Waals surface area contributed by atoms with Crippen molar-refractivity contribution in [3.63, 3.8) is 0 Å². The number of nitrogens with one attached hydrogen (secondary N) is 1. The molecular weight excluding hydrogens is 230 g/mol. The van der Waals surface area contributed by atoms with Crippen molar-refractivity contribution in [3.8, 4) is 0 Å². The highest BCUT2D eigenvalue weighted by molar-refractivity contribution is 8.14. The molecule has 0 bridgehead atoms. The summed E-state index contributed by atoms with van der Waals surface area (Å²) >= 11 is 0.989. The first kappa shape index (κ1) is 15.0. The average molecular weight is 247 g/mol. The smallest absolute Gasteiger partial charge is 0.311 e. The van der Waals surface area contributed by atoms with Crippen molar-refractivity contribution in [1.82, 2.24) is 5.32 Å². The van der Waals surface area contributed by atoms with E-state index in [0.29, 0.717) is 6.54 Å². The Morgan fingerprint density at radius 3 is 2.25 bits per heavy atom. The van der Waals surface area contributed by atoms with Gasteiger partial charge < -0.3 is 10.4 Å². The minimum absolute atomic E-state index is 0.0873. The molecule has 0 heterocycles. The third kappa shape index (κ3) is 7.28. The number of carboxylic acid groups (broad SMARTS) is 1. The molecule has 1 atom stereocenters. The maximum Gasteiger partial charge on any atom is 0.311 e. The highest BCUT2D eigenvalue weighted by Crippen LogP contribution is 2.20. The van der Waals surface area contributed by atoms with Gasteiger partial charge in [0.15, 0.2) is 5.12 Å². The van der Waals surface area contributed by atoms with Crippen molar-refractivity contribution in [2.45, 2.75) is 32.4 Å². The van der Waals surface area contributed by atoms with Crippen LogP contribution in [-0.2, 0) is 14.4 Å². The zero-order valence-corrected chi connectivity index (χ0v) is 10.5. The van der Waals surface area contributed by atoms with Crippen LogP contribution in [0.15, 0.2) is 0 Å². The van der Waals surface area contributed by atoms with Crippen LogP contribution < -0.4 is 5.32 Å². The van der Waals surface area contributed by atoms with Crippen molar-refractivity contribution >= 4 is 28.8 Å². The molecule has 0 spiro atoms. The van der Waals surface area contributed by atoms with Gasteiger partial charge in [-0.1, -0.05) is 25.6 Å². The fourth-order valence-corrected chi connectivity index (χ4v) is 1.98. The lowest BCUT2D eigenvalue weighted by atomic mass is 10.1. The number of carbonyl (C=O) groups excluding carboxylic acids is 2. The number of carbonyl (C=O) groups is 3. The summed E-state index contributed by atoms with van der Waals surface area (Å²) in [5.74, 6) is -1.09. The monoisotopic (exact) mass is 247 g/mol. The summed E-state index contributed by atoms with van der Waals surface area (Å²) in [6.45, 7) is 5.63. The fourth-order valence-electron chi connectivity index (χ4n) is 0.992. The van der Waals surface area contributed by atoms with E-state index in [-0.39, 0.29) is 22.2 Å². The second kappa shape index (κ2) is 7.27. The number of rotatable bonds is 6. The lowest BCUT2D eigenvalue weighted by Crippen LogP contribution is -2.32. The molecule has 0 rings (SSSR count). The number of hydrogen-bond donors (Lipinski definition) is 2. The standard InChI is InChI=1S/C10H17NO4S/c1-6(2)8(5-11-7(3)12)16-10(15)4-9(13)14/h6,8H,4-5H2,1-3H3,(H,11,12)(H,13,14). The first-order valence-electron chi connectivity index (χ1n) is 4.98. The second-order valence-corrected chi connectivity index (χ2v) is 5.08. The topological polar surface area (TPSA) is 83.5 Å². The lowest BCUT2D eigenvalue weighted by molar-refractivity contribution is -0.138. The van der Waals surface area contributed by atoms with Crippen molar-refractivity contribution in [3.05, 3.63) is 0 Å². The third-order valence-corrected chi connectivity index (χ3v) is 3.30. The van der Waals surface area contributed by atoms with E-state index in [1.165, 1.54) is 6.92 Å². The Bertz CT molecular complexity index is 278. The number of amides is 1. The first-order valence-corrected chi connectivity index (χ1v) is 5.86. The largest absolute Gasteiger partial charge is 0.481 e. The van der Waals surface area contributed by atoms with Crippen molar-refractivity contribution in [2.24, 2.45) is 5.92 Å². The van der Waals surface area contributed by atoms with Crippen LogP contribution in [-0.4, -0.2) is 33.9 Å². The Kier molecular flexibility index (Phi) is 6.80. The van der Waals surface area contributed by atoms with Crippen LogP contribution in [0.4, 0.5) is 0 Å². The molecule has 0 saturated carbocycles. The van der Waals surface area contributed by atoms with E-state index in [1.54, 1.807) is 0 Å². The Morgan fingerprint density at radius 2 is 1.88 bits per heavy atom. The fraction of sp³-hybridized carbons (Fsp3) is 0.700. The minimum Gasteiger partial charge on any atom is -0.481 e. The molecule has 0 aliphatic rings. The molecule has 5 nitrogen and oxygen atoms in total. The zero-order valence-electron chi connectivity index (χ0n) is 9.65. The molecular formula is C10H17NO4S. The van der Waals surface area contributed by atoms with E-state index in [9.17, 15) is 14.4 Å². The summed E-state index contributed by atoms with van der Waals surface area (Å²) in [4.78, 5) is 32.3. The predicted octanol–water partition coefficient (Wildman–Crippen LogP) is 0.882. The number of aliphatic carboxylic acids is 1. The van der Waals surface area contributed by atoms with E-state index in [1.807, 2.05) is 13.8 Å². The molecule has 1 amide bonds. The van der Waals surface area contributed by atoms with Crippen LogP contribution in [0.25, 0.3) is 0 Å². The molecule has 0 aliphatic carbocycles. The molecule has 0 aliphatic heterocycles. The summed E-state index contributed by atoms with van der Waals surface area (Å²) in [5, 5.41) is 10.6. The molecule has 92 valence electrons. The number of hydrogen-bond acceptors (Lipinski definition) is 4. The Hall–Kier alpha value is -1.04. The molecule has 0 saturated heterocycles. The second-order valence-electron chi connectivity index (χ2n) is 3.78. The molecule has 0 aromatic heterocycles. The maximum atomic E-state index is 11.3. The summed E-state index contributed by atoms with van der Waals surface area (Å²) in [7, 11) is 0. The highest BCUT2D eigenvalue weighted by atomic mass is 32.2. The van der Waals surface area contributed by atoms with Crippen molar-refractivity contribution < 1.29 is 19.5 Å². The van der Waals surface area contributed by atoms with Gasteiger partial charge in [-0.25, -0.2) is 0 Å². The number of thioether (sulfide) groups is 1. The average Bonchev–Trinajstić information content (AvgIpc) is 2.09. The van der Waals surface area contributed by atoms with Gasteiger partial charge >= 0.3 is 5.97 Å². The lowest BCUT2D eigenvalue weighted by Gasteiger charge is -2.19. The van der Waals surface area contributed by atoms with E-state index in [4.69, 9.17) is 5.11 Å². The molecule has 0 aromatic rings. The number of carboxylic acids is 1.